The molecule has 69 valence electrons. The van der Waals surface area contributed by atoms with E-state index in [1.54, 1.807) is 0 Å². The Morgan fingerprint density at radius 1 is 1.33 bits per heavy atom. The Bertz CT molecular complexity index is 120. The summed E-state index contributed by atoms with van der Waals surface area (Å²) in [6, 6.07) is 0.331. The molecule has 0 bridgehead atoms. The lowest BCUT2D eigenvalue weighted by Crippen LogP contribution is -2.41. The Labute approximate surface area is 76.1 Å². The minimum Gasteiger partial charge on any atom is -0.302 e. The number of rotatable bonds is 2. The van der Waals surface area contributed by atoms with E-state index in [9.17, 15) is 0 Å². The van der Waals surface area contributed by atoms with Gasteiger partial charge >= 0.3 is 0 Å². The Hall–Kier alpha value is -0.0800. The van der Waals surface area contributed by atoms with E-state index in [1.165, 1.54) is 19.3 Å². The van der Waals surface area contributed by atoms with E-state index in [0.717, 1.165) is 6.54 Å². The number of nitrogens with one attached hydrogen (secondary N) is 1. The molecule has 1 aliphatic heterocycles. The van der Waals surface area contributed by atoms with Gasteiger partial charge in [-0.05, 0) is 33.6 Å². The summed E-state index contributed by atoms with van der Waals surface area (Å²) in [6.45, 7) is 10.7. The highest BCUT2D eigenvalue weighted by Crippen LogP contribution is 2.11. The predicted octanol–water partition coefficient (Wildman–Crippen LogP) is 1.57. The maximum Gasteiger partial charge on any atom is 0.0795 e. The van der Waals surface area contributed by atoms with E-state index >= 15 is 0 Å². The SMILES string of the molecule is CC(C)(C)N[C]C1CCCC[N]1. The Kier molecular flexibility index (Phi) is 3.53. The fraction of sp³-hybridized carbons (Fsp3) is 0.900. The van der Waals surface area contributed by atoms with E-state index in [4.69, 9.17) is 0 Å². The summed E-state index contributed by atoms with van der Waals surface area (Å²) in [5, 5.41) is 7.71. The van der Waals surface area contributed by atoms with Gasteiger partial charge in [-0.2, -0.15) is 0 Å². The summed E-state index contributed by atoms with van der Waals surface area (Å²) < 4.78 is 0. The molecule has 0 aromatic heterocycles. The molecular formula is C10H19N2. The zero-order valence-corrected chi connectivity index (χ0v) is 8.35. The largest absolute Gasteiger partial charge is 0.302 e. The van der Waals surface area contributed by atoms with Crippen molar-refractivity contribution in [1.29, 1.82) is 0 Å². The van der Waals surface area contributed by atoms with E-state index in [1.807, 2.05) is 0 Å². The monoisotopic (exact) mass is 167 g/mol. The third kappa shape index (κ3) is 4.07. The maximum absolute atomic E-state index is 4.46. The topological polar surface area (TPSA) is 26.1 Å². The van der Waals surface area contributed by atoms with Crippen molar-refractivity contribution < 1.29 is 0 Å². The van der Waals surface area contributed by atoms with Gasteiger partial charge in [-0.15, -0.1) is 0 Å². The van der Waals surface area contributed by atoms with Crippen molar-refractivity contribution in [3.63, 3.8) is 0 Å². The fourth-order valence-electron chi connectivity index (χ4n) is 1.21. The molecule has 1 rings (SSSR count). The van der Waals surface area contributed by atoms with Crippen LogP contribution in [-0.4, -0.2) is 18.1 Å². The van der Waals surface area contributed by atoms with Gasteiger partial charge in [0.2, 0.25) is 0 Å². The van der Waals surface area contributed by atoms with E-state index in [2.05, 4.69) is 37.9 Å². The van der Waals surface area contributed by atoms with Crippen molar-refractivity contribution in [2.75, 3.05) is 6.54 Å². The van der Waals surface area contributed by atoms with Crippen LogP contribution in [0.2, 0.25) is 0 Å². The first kappa shape index (κ1) is 10.0. The van der Waals surface area contributed by atoms with Crippen molar-refractivity contribution in [2.24, 2.45) is 0 Å². The van der Waals surface area contributed by atoms with Gasteiger partial charge < -0.3 is 5.32 Å². The van der Waals surface area contributed by atoms with Crippen LogP contribution in [0.4, 0.5) is 0 Å². The molecule has 1 saturated heterocycles. The van der Waals surface area contributed by atoms with Gasteiger partial charge in [0.25, 0.3) is 0 Å². The zero-order valence-electron chi connectivity index (χ0n) is 8.35. The van der Waals surface area contributed by atoms with Crippen molar-refractivity contribution in [3.8, 4) is 0 Å². The first-order valence-electron chi connectivity index (χ1n) is 4.77. The van der Waals surface area contributed by atoms with Crippen LogP contribution < -0.4 is 10.6 Å². The molecule has 3 radical (unpaired) electrons. The molecule has 1 unspecified atom stereocenters. The van der Waals surface area contributed by atoms with Crippen LogP contribution in [0, 0.1) is 6.54 Å². The number of hydrogen-bond acceptors (Lipinski definition) is 1. The van der Waals surface area contributed by atoms with E-state index in [0.29, 0.717) is 6.04 Å². The van der Waals surface area contributed by atoms with Crippen molar-refractivity contribution >= 4 is 0 Å². The fourth-order valence-corrected chi connectivity index (χ4v) is 1.21. The lowest BCUT2D eigenvalue weighted by atomic mass is 10.0. The Balaban J connectivity index is 2.13. The van der Waals surface area contributed by atoms with Crippen LogP contribution >= 0.6 is 0 Å². The van der Waals surface area contributed by atoms with Gasteiger partial charge in [-0.3, -0.25) is 0 Å². The molecule has 1 N–H and O–H groups in total. The summed E-state index contributed by atoms with van der Waals surface area (Å²) in [6.07, 6.45) is 3.73. The van der Waals surface area contributed by atoms with Crippen LogP contribution in [0.1, 0.15) is 40.0 Å². The molecule has 12 heavy (non-hydrogen) atoms. The highest BCUT2D eigenvalue weighted by molar-refractivity contribution is 4.87. The maximum atomic E-state index is 4.46. The second kappa shape index (κ2) is 4.24. The molecule has 0 aliphatic carbocycles. The summed E-state index contributed by atoms with van der Waals surface area (Å²) in [4.78, 5) is 0. The number of hydrogen-bond donors (Lipinski definition) is 1. The summed E-state index contributed by atoms with van der Waals surface area (Å²) in [7, 11) is 0. The van der Waals surface area contributed by atoms with Crippen LogP contribution in [0.5, 0.6) is 0 Å². The number of piperidine rings is 1. The molecule has 1 aliphatic rings. The summed E-state index contributed by atoms with van der Waals surface area (Å²) in [5.41, 5.74) is 0.132. The first-order valence-corrected chi connectivity index (χ1v) is 4.77. The second-order valence-electron chi connectivity index (χ2n) is 4.44. The molecule has 1 heterocycles. The van der Waals surface area contributed by atoms with E-state index < -0.39 is 0 Å². The van der Waals surface area contributed by atoms with Gasteiger partial charge in [0, 0.05) is 18.1 Å². The molecule has 0 amide bonds. The Morgan fingerprint density at radius 3 is 2.58 bits per heavy atom. The van der Waals surface area contributed by atoms with Crippen LogP contribution in [0.3, 0.4) is 0 Å². The second-order valence-corrected chi connectivity index (χ2v) is 4.44. The van der Waals surface area contributed by atoms with Gasteiger partial charge in [-0.1, -0.05) is 6.42 Å². The normalized spacial score (nSPS) is 25.8. The molecule has 2 nitrogen and oxygen atoms in total. The van der Waals surface area contributed by atoms with E-state index in [-0.39, 0.29) is 5.54 Å². The van der Waals surface area contributed by atoms with Crippen LogP contribution in [-0.2, 0) is 0 Å². The minimum absolute atomic E-state index is 0.132. The van der Waals surface area contributed by atoms with Crippen molar-refractivity contribution in [2.45, 2.75) is 51.6 Å². The number of nitrogens with zero attached hydrogens (tertiary/aromatic N) is 1. The molecule has 2 heteroatoms. The van der Waals surface area contributed by atoms with Crippen LogP contribution in [0.25, 0.3) is 0 Å². The predicted molar refractivity (Wildman–Crippen MR) is 50.8 cm³/mol. The molecule has 0 aromatic carbocycles. The van der Waals surface area contributed by atoms with Gasteiger partial charge in [0.1, 0.15) is 0 Å². The highest BCUT2D eigenvalue weighted by Gasteiger charge is 2.17. The summed E-state index contributed by atoms with van der Waals surface area (Å²) >= 11 is 0. The quantitative estimate of drug-likeness (QED) is 0.621. The summed E-state index contributed by atoms with van der Waals surface area (Å²) in [5.74, 6) is 0. The standard InChI is InChI=1S/C10H19N2/c1-10(2,3)12-8-9-6-4-5-7-11-9/h9,12H,4-7H2,1-3H3. The lowest BCUT2D eigenvalue weighted by Gasteiger charge is -2.26. The zero-order chi connectivity index (χ0) is 9.03. The third-order valence-corrected chi connectivity index (χ3v) is 1.85. The third-order valence-electron chi connectivity index (χ3n) is 1.85. The Morgan fingerprint density at radius 2 is 2.08 bits per heavy atom. The van der Waals surface area contributed by atoms with Crippen molar-refractivity contribution in [3.05, 3.63) is 6.54 Å². The van der Waals surface area contributed by atoms with Crippen LogP contribution in [0.15, 0.2) is 0 Å². The molecule has 1 fully saturated rings. The molecule has 0 saturated carbocycles. The lowest BCUT2D eigenvalue weighted by molar-refractivity contribution is 0.373. The smallest absolute Gasteiger partial charge is 0.0795 e. The van der Waals surface area contributed by atoms with Gasteiger partial charge in [0.15, 0.2) is 0 Å². The molecule has 1 atom stereocenters. The molecular weight excluding hydrogens is 148 g/mol. The average molecular weight is 167 g/mol. The minimum atomic E-state index is 0.132. The van der Waals surface area contributed by atoms with Gasteiger partial charge in [-0.25, -0.2) is 5.32 Å². The first-order chi connectivity index (χ1) is 5.58. The molecule has 0 aromatic rings. The molecule has 0 spiro atoms. The van der Waals surface area contributed by atoms with Crippen molar-refractivity contribution in [1.82, 2.24) is 10.6 Å². The highest BCUT2D eigenvalue weighted by atomic mass is 15.0. The average Bonchev–Trinajstić information content (AvgIpc) is 2.02. The van der Waals surface area contributed by atoms with Gasteiger partial charge in [0.05, 0.1) is 6.54 Å².